The van der Waals surface area contributed by atoms with Gasteiger partial charge in [-0.05, 0) is 30.0 Å². The molecule has 3 fully saturated rings. The SMILES string of the molecule is COc1ccc(N2CC(C)CN3C4C(=O)N(CCc5ccccc5)C(=O)N(C)C4NC23)c(OC)c1. The smallest absolute Gasteiger partial charge is 0.327 e. The highest BCUT2D eigenvalue weighted by molar-refractivity contribution is 6.00. The van der Waals surface area contributed by atoms with E-state index in [-0.39, 0.29) is 18.2 Å². The van der Waals surface area contributed by atoms with Crippen LogP contribution in [0.5, 0.6) is 11.5 Å². The van der Waals surface area contributed by atoms with Crippen LogP contribution in [-0.2, 0) is 11.2 Å². The Morgan fingerprint density at radius 1 is 1.03 bits per heavy atom. The van der Waals surface area contributed by atoms with Crippen molar-refractivity contribution in [3.8, 4) is 11.5 Å². The highest BCUT2D eigenvalue weighted by Crippen LogP contribution is 2.39. The maximum Gasteiger partial charge on any atom is 0.327 e. The van der Waals surface area contributed by atoms with Crippen molar-refractivity contribution in [1.29, 1.82) is 0 Å². The van der Waals surface area contributed by atoms with E-state index in [0.29, 0.717) is 24.6 Å². The number of amides is 3. The number of carbonyl (C=O) groups is 2. The fourth-order valence-electron chi connectivity index (χ4n) is 5.52. The topological polar surface area (TPSA) is 77.6 Å². The lowest BCUT2D eigenvalue weighted by Gasteiger charge is -2.46. The number of nitrogens with zero attached hydrogens (tertiary/aromatic N) is 4. The van der Waals surface area contributed by atoms with E-state index >= 15 is 0 Å². The zero-order valence-corrected chi connectivity index (χ0v) is 20.7. The third kappa shape index (κ3) is 4.08. The monoisotopic (exact) mass is 479 g/mol. The summed E-state index contributed by atoms with van der Waals surface area (Å²) in [6, 6.07) is 15.0. The normalized spacial score (nSPS) is 26.6. The molecule has 9 heteroatoms. The third-order valence-corrected chi connectivity index (χ3v) is 7.25. The standard InChI is InChI=1S/C26H33N5O4/c1-17-15-30(20-11-10-19(34-3)14-21(20)35-4)25-27-23-22(31(25)16-17)24(32)29(26(33)28(23)2)13-12-18-8-6-5-7-9-18/h5-11,14,17,22-23,25,27H,12-13,15-16H2,1-4H3. The second-order valence-corrected chi connectivity index (χ2v) is 9.54. The van der Waals surface area contributed by atoms with Crippen LogP contribution in [0.4, 0.5) is 10.5 Å². The van der Waals surface area contributed by atoms with Crippen LogP contribution >= 0.6 is 0 Å². The second-order valence-electron chi connectivity index (χ2n) is 9.54. The van der Waals surface area contributed by atoms with Gasteiger partial charge in [-0.15, -0.1) is 0 Å². The molecule has 4 unspecified atom stereocenters. The minimum Gasteiger partial charge on any atom is -0.497 e. The lowest BCUT2D eigenvalue weighted by molar-refractivity contribution is -0.138. The Balaban J connectivity index is 1.43. The Morgan fingerprint density at radius 3 is 2.51 bits per heavy atom. The Bertz CT molecular complexity index is 1100. The molecule has 9 nitrogen and oxygen atoms in total. The molecule has 0 aromatic heterocycles. The number of rotatable bonds is 6. The van der Waals surface area contributed by atoms with E-state index in [1.54, 1.807) is 26.2 Å². The number of anilines is 1. The van der Waals surface area contributed by atoms with Crippen LogP contribution < -0.4 is 19.7 Å². The minimum atomic E-state index is -0.451. The molecule has 3 aliphatic heterocycles. The lowest BCUT2D eigenvalue weighted by atomic mass is 10.0. The van der Waals surface area contributed by atoms with Crippen molar-refractivity contribution in [3.63, 3.8) is 0 Å². The van der Waals surface area contributed by atoms with Crippen molar-refractivity contribution in [2.75, 3.05) is 45.8 Å². The summed E-state index contributed by atoms with van der Waals surface area (Å²) in [5, 5.41) is 3.57. The predicted molar refractivity (Wildman–Crippen MR) is 132 cm³/mol. The molecule has 186 valence electrons. The van der Waals surface area contributed by atoms with E-state index in [1.807, 2.05) is 48.5 Å². The van der Waals surface area contributed by atoms with Gasteiger partial charge in [0, 0.05) is 32.7 Å². The summed E-state index contributed by atoms with van der Waals surface area (Å²) in [5.41, 5.74) is 2.02. The van der Waals surface area contributed by atoms with Gasteiger partial charge in [0.2, 0.25) is 0 Å². The fraction of sp³-hybridized carbons (Fsp3) is 0.462. The van der Waals surface area contributed by atoms with Gasteiger partial charge in [0.25, 0.3) is 5.91 Å². The summed E-state index contributed by atoms with van der Waals surface area (Å²) in [5.74, 6) is 1.59. The highest BCUT2D eigenvalue weighted by atomic mass is 16.5. The van der Waals surface area contributed by atoms with Crippen molar-refractivity contribution in [2.45, 2.75) is 31.8 Å². The summed E-state index contributed by atoms with van der Waals surface area (Å²) in [7, 11) is 5.05. The van der Waals surface area contributed by atoms with Crippen molar-refractivity contribution >= 4 is 17.6 Å². The minimum absolute atomic E-state index is 0.139. The number of ether oxygens (including phenoxy) is 2. The number of hydrogen-bond acceptors (Lipinski definition) is 7. The summed E-state index contributed by atoms with van der Waals surface area (Å²) >= 11 is 0. The van der Waals surface area contributed by atoms with Gasteiger partial charge in [-0.3, -0.25) is 19.9 Å². The number of benzene rings is 2. The zero-order valence-electron chi connectivity index (χ0n) is 20.7. The number of imide groups is 1. The van der Waals surface area contributed by atoms with E-state index < -0.39 is 12.2 Å². The molecule has 3 saturated heterocycles. The summed E-state index contributed by atoms with van der Waals surface area (Å²) in [4.78, 5) is 34.5. The van der Waals surface area contributed by atoms with Crippen molar-refractivity contribution in [3.05, 3.63) is 54.1 Å². The van der Waals surface area contributed by atoms with Gasteiger partial charge in [-0.1, -0.05) is 37.3 Å². The Morgan fingerprint density at radius 2 is 1.80 bits per heavy atom. The van der Waals surface area contributed by atoms with E-state index in [0.717, 1.165) is 30.1 Å². The van der Waals surface area contributed by atoms with Gasteiger partial charge in [-0.2, -0.15) is 0 Å². The number of urea groups is 1. The summed E-state index contributed by atoms with van der Waals surface area (Å²) < 4.78 is 11.1. The molecular weight excluding hydrogens is 446 g/mol. The van der Waals surface area contributed by atoms with Crippen LogP contribution in [0, 0.1) is 5.92 Å². The molecule has 3 aliphatic rings. The maximum absolute atomic E-state index is 13.7. The summed E-state index contributed by atoms with van der Waals surface area (Å²) in [6.07, 6.45) is -0.00630. The van der Waals surface area contributed by atoms with Crippen molar-refractivity contribution in [1.82, 2.24) is 20.0 Å². The molecule has 3 heterocycles. The molecule has 5 rings (SSSR count). The molecule has 0 bridgehead atoms. The number of likely N-dealkylation sites (N-methyl/N-ethyl adjacent to an activating group) is 1. The molecule has 1 N–H and O–H groups in total. The number of hydrogen-bond donors (Lipinski definition) is 1. The Kier molecular flexibility index (Phi) is 6.29. The quantitative estimate of drug-likeness (QED) is 0.681. The van der Waals surface area contributed by atoms with Gasteiger partial charge in [0.1, 0.15) is 30.0 Å². The molecular formula is C26H33N5O4. The molecule has 0 spiro atoms. The molecule has 2 aromatic rings. The average Bonchev–Trinajstić information content (AvgIpc) is 3.26. The van der Waals surface area contributed by atoms with Crippen LogP contribution in [0.15, 0.2) is 48.5 Å². The first-order chi connectivity index (χ1) is 16.9. The van der Waals surface area contributed by atoms with Crippen LogP contribution in [0.1, 0.15) is 12.5 Å². The molecule has 3 amide bonds. The van der Waals surface area contributed by atoms with E-state index in [9.17, 15) is 9.59 Å². The van der Waals surface area contributed by atoms with Crippen molar-refractivity contribution < 1.29 is 19.1 Å². The third-order valence-electron chi connectivity index (χ3n) is 7.25. The van der Waals surface area contributed by atoms with E-state index in [4.69, 9.17) is 9.47 Å². The first-order valence-electron chi connectivity index (χ1n) is 12.1. The predicted octanol–water partition coefficient (Wildman–Crippen LogP) is 2.18. The highest BCUT2D eigenvalue weighted by Gasteiger charge is 2.56. The van der Waals surface area contributed by atoms with Gasteiger partial charge < -0.3 is 19.3 Å². The number of methoxy groups -OCH3 is 2. The molecule has 35 heavy (non-hydrogen) atoms. The van der Waals surface area contributed by atoms with Gasteiger partial charge in [-0.25, -0.2) is 4.79 Å². The number of fused-ring (bicyclic) bond motifs is 3. The molecule has 0 radical (unpaired) electrons. The van der Waals surface area contributed by atoms with Gasteiger partial charge in [0.05, 0.1) is 19.9 Å². The number of nitrogens with one attached hydrogen (secondary N) is 1. The maximum atomic E-state index is 13.7. The van der Waals surface area contributed by atoms with Gasteiger partial charge in [0.15, 0.2) is 0 Å². The lowest BCUT2D eigenvalue weighted by Crippen LogP contribution is -2.66. The Hall–Kier alpha value is -3.30. The fourth-order valence-corrected chi connectivity index (χ4v) is 5.52. The molecule has 0 saturated carbocycles. The number of carbonyl (C=O) groups excluding carboxylic acids is 2. The van der Waals surface area contributed by atoms with Crippen LogP contribution in [0.2, 0.25) is 0 Å². The van der Waals surface area contributed by atoms with E-state index in [1.165, 1.54) is 4.90 Å². The average molecular weight is 480 g/mol. The summed E-state index contributed by atoms with van der Waals surface area (Å²) in [6.45, 7) is 4.09. The zero-order chi connectivity index (χ0) is 24.7. The van der Waals surface area contributed by atoms with E-state index in [2.05, 4.69) is 22.0 Å². The van der Waals surface area contributed by atoms with Crippen LogP contribution in [0.25, 0.3) is 0 Å². The Labute approximate surface area is 206 Å². The molecule has 2 aromatic carbocycles. The van der Waals surface area contributed by atoms with Crippen LogP contribution in [0.3, 0.4) is 0 Å². The largest absolute Gasteiger partial charge is 0.497 e. The first kappa shape index (κ1) is 23.4. The first-order valence-corrected chi connectivity index (χ1v) is 12.1. The molecule has 4 atom stereocenters. The van der Waals surface area contributed by atoms with Gasteiger partial charge >= 0.3 is 6.03 Å². The van der Waals surface area contributed by atoms with Crippen LogP contribution in [-0.4, -0.2) is 86.0 Å². The molecule has 0 aliphatic carbocycles. The second kappa shape index (κ2) is 9.39. The van der Waals surface area contributed by atoms with Crippen molar-refractivity contribution in [2.24, 2.45) is 5.92 Å².